The van der Waals surface area contributed by atoms with E-state index in [-0.39, 0.29) is 71.2 Å². The largest absolute Gasteiger partial charge is 0.496 e. The SMILES string of the molecule is C=Cc1cc(OCCOC)c(/C=C/c2cc(C(=O)OCCOC)c(Br)cc2C(=O)OCCOC)cc1OC.C=Cc1cc(OCCOC)c(C=C)cc1OC.CC(=O)O.CC(=O)O.COCCOC(=O)c1cc(Br)c(C(=O)OCCOC)cc1Br.[Pd]. The van der Waals surface area contributed by atoms with E-state index in [1.54, 1.807) is 77.0 Å². The van der Waals surface area contributed by atoms with Gasteiger partial charge in [-0.1, -0.05) is 50.1 Å². The van der Waals surface area contributed by atoms with Crippen molar-refractivity contribution in [3.8, 4) is 23.0 Å². The Hall–Kier alpha value is -6.28. The first kappa shape index (κ1) is 81.8. The fourth-order valence-electron chi connectivity index (χ4n) is 6.15. The van der Waals surface area contributed by atoms with Crippen LogP contribution in [0.5, 0.6) is 23.0 Å². The smallest absolute Gasteiger partial charge is 0.339 e. The molecule has 2 N–H and O–H groups in total. The number of methoxy groups -OCH3 is 8. The molecule has 0 fully saturated rings. The fraction of sp³-hybridized carbons (Fsp3) is 0.367. The number of hydrogen-bond acceptors (Lipinski definition) is 20. The van der Waals surface area contributed by atoms with Crippen LogP contribution in [-0.4, -0.2) is 182 Å². The number of ether oxygens (including phenoxy) is 14. The molecular formula is C60H75Br3O22Pd. The van der Waals surface area contributed by atoms with Crippen LogP contribution in [0.15, 0.2) is 81.7 Å². The quantitative estimate of drug-likeness (QED) is 0.0156. The van der Waals surface area contributed by atoms with E-state index in [2.05, 4.69) is 67.5 Å². The van der Waals surface area contributed by atoms with E-state index in [9.17, 15) is 19.2 Å². The summed E-state index contributed by atoms with van der Waals surface area (Å²) in [5, 5.41) is 14.8. The molecule has 0 saturated carbocycles. The molecule has 0 aromatic heterocycles. The van der Waals surface area contributed by atoms with Gasteiger partial charge in [0.1, 0.15) is 62.6 Å². The third-order valence-corrected chi connectivity index (χ3v) is 12.0. The van der Waals surface area contributed by atoms with Crippen LogP contribution in [-0.2, 0) is 77.4 Å². The van der Waals surface area contributed by atoms with E-state index in [4.69, 9.17) is 86.1 Å². The predicted octanol–water partition coefficient (Wildman–Crippen LogP) is 10.9. The van der Waals surface area contributed by atoms with Gasteiger partial charge < -0.3 is 76.5 Å². The van der Waals surface area contributed by atoms with Crippen LogP contribution in [0, 0.1) is 0 Å². The molecule has 0 atom stereocenters. The molecule has 0 saturated heterocycles. The van der Waals surface area contributed by atoms with Gasteiger partial charge in [0.2, 0.25) is 0 Å². The zero-order chi connectivity index (χ0) is 64.3. The standard InChI is InChI=1S/C28H33BrO9.C14H16Br2O6.C14H18O3.2C2H4O2.Pd/c1-6-19-16-26(36-12-9-32-2)21(17-25(19)35-5)8-7-20-15-23(28(31)38-14-11-34-4)24(29)18-22(20)27(30)37-13-10-33-3;1-19-3-5-21-13(17)9-7-12(16)10(8-11(9)15)14(18)22-6-4-20-2;1-5-11-10-14(17-8-7-15-3)12(6-2)9-13(11)16-4;2*1-2(3)4;/h6-8,15-18H,1,9-14H2,2-5H3;7-8H,3-6H2,1-2H3;5-6,9-10H,1-2,7-8H2,3-4H3;2*1H3,(H,3,4);/b8-7+;;;;;. The van der Waals surface area contributed by atoms with Gasteiger partial charge in [0, 0.05) is 113 Å². The fourth-order valence-corrected chi connectivity index (χ4v) is 7.66. The Labute approximate surface area is 541 Å². The molecule has 0 radical (unpaired) electrons. The molecule has 86 heavy (non-hydrogen) atoms. The molecule has 0 spiro atoms. The van der Waals surface area contributed by atoms with Crippen molar-refractivity contribution in [3.05, 3.63) is 132 Å². The molecule has 0 heterocycles. The van der Waals surface area contributed by atoms with Crippen molar-refractivity contribution in [3.63, 3.8) is 0 Å². The molecular weight excluding hydrogens is 1420 g/mol. The number of carbonyl (C=O) groups is 6. The maximum absolute atomic E-state index is 12.9. The van der Waals surface area contributed by atoms with Crippen LogP contribution in [0.25, 0.3) is 30.4 Å². The third-order valence-electron chi connectivity index (χ3n) is 10.1. The Morgan fingerprint density at radius 1 is 0.372 bits per heavy atom. The van der Waals surface area contributed by atoms with E-state index in [1.807, 2.05) is 12.1 Å². The van der Waals surface area contributed by atoms with Gasteiger partial charge in [-0.3, -0.25) is 9.59 Å². The first-order valence-corrected chi connectivity index (χ1v) is 27.6. The van der Waals surface area contributed by atoms with Crippen molar-refractivity contribution in [2.24, 2.45) is 0 Å². The Kier molecular flexibility index (Phi) is 46.4. The minimum Gasteiger partial charge on any atom is -0.496 e. The summed E-state index contributed by atoms with van der Waals surface area (Å²) in [5.74, 6) is -1.15. The van der Waals surface area contributed by atoms with Crippen LogP contribution in [0.4, 0.5) is 0 Å². The monoisotopic (exact) mass is 1490 g/mol. The maximum Gasteiger partial charge on any atom is 0.339 e. The third kappa shape index (κ3) is 32.5. The van der Waals surface area contributed by atoms with Crippen molar-refractivity contribution in [2.75, 3.05) is 136 Å². The molecule has 0 aliphatic rings. The molecule has 0 aliphatic carbocycles. The average molecular weight is 1490 g/mol. The second-order valence-electron chi connectivity index (χ2n) is 16.2. The second kappa shape index (κ2) is 48.8. The molecule has 0 aliphatic heterocycles. The maximum atomic E-state index is 12.9. The number of carboxylic acid groups (broad SMARTS) is 2. The topological polar surface area (TPSA) is 272 Å². The van der Waals surface area contributed by atoms with E-state index < -0.39 is 35.8 Å². The molecule has 0 bridgehead atoms. The van der Waals surface area contributed by atoms with Crippen molar-refractivity contribution in [1.82, 2.24) is 0 Å². The van der Waals surface area contributed by atoms with Crippen LogP contribution in [0.3, 0.4) is 0 Å². The molecule has 4 aromatic rings. The van der Waals surface area contributed by atoms with Gasteiger partial charge in [0.15, 0.2) is 0 Å². The molecule has 0 amide bonds. The van der Waals surface area contributed by atoms with Crippen LogP contribution < -0.4 is 18.9 Å². The first-order chi connectivity index (χ1) is 40.6. The Morgan fingerprint density at radius 2 is 0.616 bits per heavy atom. The Bertz CT molecular complexity index is 2740. The summed E-state index contributed by atoms with van der Waals surface area (Å²) in [6.45, 7) is 16.9. The van der Waals surface area contributed by atoms with E-state index >= 15 is 0 Å². The number of carbonyl (C=O) groups excluding carboxylic acids is 4. The predicted molar refractivity (Wildman–Crippen MR) is 331 cm³/mol. The minimum atomic E-state index is -0.833. The van der Waals surface area contributed by atoms with Gasteiger partial charge in [-0.2, -0.15) is 0 Å². The van der Waals surface area contributed by atoms with Crippen molar-refractivity contribution in [2.45, 2.75) is 13.8 Å². The van der Waals surface area contributed by atoms with Gasteiger partial charge in [0.25, 0.3) is 11.9 Å². The first-order valence-electron chi connectivity index (χ1n) is 25.2. The minimum absolute atomic E-state index is 0. The number of benzene rings is 4. The van der Waals surface area contributed by atoms with Gasteiger partial charge in [-0.15, -0.1) is 0 Å². The van der Waals surface area contributed by atoms with Crippen molar-refractivity contribution >= 4 is 114 Å². The van der Waals surface area contributed by atoms with Gasteiger partial charge >= 0.3 is 23.9 Å². The number of rotatable bonds is 31. The summed E-state index contributed by atoms with van der Waals surface area (Å²) >= 11 is 9.88. The molecule has 0 unspecified atom stereocenters. The normalized spacial score (nSPS) is 9.97. The summed E-state index contributed by atoms with van der Waals surface area (Å²) in [5.41, 5.74) is 4.74. The summed E-state index contributed by atoms with van der Waals surface area (Å²) in [6, 6.07) is 13.5. The molecule has 4 rings (SSSR count). The summed E-state index contributed by atoms with van der Waals surface area (Å²) < 4.78 is 73.8. The van der Waals surface area contributed by atoms with Gasteiger partial charge in [-0.25, -0.2) is 19.2 Å². The number of aliphatic carboxylic acids is 2. The number of carboxylic acids is 2. The van der Waals surface area contributed by atoms with E-state index in [0.29, 0.717) is 86.8 Å². The second-order valence-corrected chi connectivity index (χ2v) is 18.7. The van der Waals surface area contributed by atoms with Crippen molar-refractivity contribution in [1.29, 1.82) is 0 Å². The average Bonchev–Trinajstić information content (AvgIpc) is 1.63. The molecule has 22 nitrogen and oxygen atoms in total. The molecule has 478 valence electrons. The Balaban J connectivity index is 0. The summed E-state index contributed by atoms with van der Waals surface area (Å²) in [4.78, 5) is 67.4. The number of hydrogen-bond donors (Lipinski definition) is 2. The summed E-state index contributed by atoms with van der Waals surface area (Å²) in [7, 11) is 12.5. The summed E-state index contributed by atoms with van der Waals surface area (Å²) in [6.07, 6.45) is 8.58. The van der Waals surface area contributed by atoms with E-state index in [0.717, 1.165) is 42.0 Å². The van der Waals surface area contributed by atoms with Crippen LogP contribution in [0.1, 0.15) is 83.1 Å². The van der Waals surface area contributed by atoms with Gasteiger partial charge in [-0.05, 0) is 102 Å². The zero-order valence-corrected chi connectivity index (χ0v) is 55.9. The van der Waals surface area contributed by atoms with Gasteiger partial charge in [0.05, 0.1) is 76.1 Å². The van der Waals surface area contributed by atoms with Crippen molar-refractivity contribution < 1.29 is 126 Å². The van der Waals surface area contributed by atoms with Crippen LogP contribution >= 0.6 is 47.8 Å². The Morgan fingerprint density at radius 3 is 0.930 bits per heavy atom. The number of esters is 4. The molecule has 4 aromatic carbocycles. The number of halogens is 3. The van der Waals surface area contributed by atoms with E-state index in [1.165, 1.54) is 46.6 Å². The molecule has 26 heteroatoms. The zero-order valence-electron chi connectivity index (χ0n) is 49.6. The van der Waals surface area contributed by atoms with Crippen LogP contribution in [0.2, 0.25) is 0 Å².